The van der Waals surface area contributed by atoms with Crippen LogP contribution in [-0.2, 0) is 63.0 Å². The molecule has 3 rings (SSSR count). The summed E-state index contributed by atoms with van der Waals surface area (Å²) in [4.78, 5) is 69.8. The number of nitrogens with one attached hydrogen (secondary N) is 5. The first-order valence-electron chi connectivity index (χ1n) is 20.9. The maximum atomic E-state index is 13.3. The highest BCUT2D eigenvalue weighted by atomic mass is 32.2. The summed E-state index contributed by atoms with van der Waals surface area (Å²) in [7, 11) is -8.44. The third-order valence-electron chi connectivity index (χ3n) is 8.21. The zero-order valence-electron chi connectivity index (χ0n) is 39.9. The smallest absolute Gasteiger partial charge is 0.323 e. The minimum atomic E-state index is -4.36. The Labute approximate surface area is 409 Å². The number of benzene rings is 2. The summed E-state index contributed by atoms with van der Waals surface area (Å²) in [5, 5.41) is 20.7. The Kier molecular flexibility index (Phi) is 32.3. The van der Waals surface area contributed by atoms with Gasteiger partial charge in [-0.05, 0) is 75.2 Å². The number of nitrogens with zero attached hydrogens (tertiary/aromatic N) is 1. The van der Waals surface area contributed by atoms with E-state index in [0.29, 0.717) is 54.4 Å². The number of amides is 2. The molecule has 12 N–H and O–H groups in total. The van der Waals surface area contributed by atoms with E-state index >= 15 is 0 Å². The number of carboxylic acid groups (broad SMARTS) is 1. The Morgan fingerprint density at radius 3 is 2.01 bits per heavy atom. The van der Waals surface area contributed by atoms with Crippen LogP contribution in [0.1, 0.15) is 60.7 Å². The summed E-state index contributed by atoms with van der Waals surface area (Å²) < 4.78 is 89.9. The highest BCUT2D eigenvalue weighted by molar-refractivity contribution is 7.89. The van der Waals surface area contributed by atoms with E-state index in [9.17, 15) is 59.1 Å². The summed E-state index contributed by atoms with van der Waals surface area (Å²) in [6, 6.07) is 5.78. The average molecular weight is 1060 g/mol. The number of thiol groups is 1. The van der Waals surface area contributed by atoms with E-state index in [1.807, 2.05) is 13.8 Å². The Balaban J connectivity index is 0. The number of aryl methyl sites for hydroxylation is 3. The van der Waals surface area contributed by atoms with Crippen LogP contribution in [-0.4, -0.2) is 150 Å². The zero-order chi connectivity index (χ0) is 53.7. The number of ketones is 1. The number of nitrogens with two attached hydrogens (primary N) is 2. The van der Waals surface area contributed by atoms with Gasteiger partial charge in [-0.2, -0.15) is 34.2 Å². The van der Waals surface area contributed by atoms with Crippen molar-refractivity contribution in [2.75, 3.05) is 64.1 Å². The lowest BCUT2D eigenvalue weighted by atomic mass is 10.1. The number of pyridine rings is 1. The van der Waals surface area contributed by atoms with Gasteiger partial charge in [0.1, 0.15) is 23.6 Å². The lowest BCUT2D eigenvalue weighted by Gasteiger charge is -2.19. The van der Waals surface area contributed by atoms with Gasteiger partial charge in [0.2, 0.25) is 21.4 Å². The lowest BCUT2D eigenvalue weighted by molar-refractivity contribution is -0.138. The first kappa shape index (κ1) is 66.2. The van der Waals surface area contributed by atoms with Crippen LogP contribution in [0, 0.1) is 13.8 Å². The maximum Gasteiger partial charge on any atom is 0.323 e. The van der Waals surface area contributed by atoms with Crippen LogP contribution in [0.3, 0.4) is 0 Å². The number of carboxylic acids is 1. The Morgan fingerprint density at radius 2 is 1.55 bits per heavy atom. The number of carbonyl (C=O) groups excluding carboxylic acids is 4. The molecule has 0 aliphatic heterocycles. The fraction of sp³-hybridized carbons (Fsp3) is 0.512. The summed E-state index contributed by atoms with van der Waals surface area (Å²) in [5.74, 6) is -2.21. The molecule has 2 unspecified atom stereocenters. The molecule has 0 aliphatic rings. The second-order valence-electron chi connectivity index (χ2n) is 14.5. The molecular formula is C41H68N8O16S4. The van der Waals surface area contributed by atoms with Crippen LogP contribution in [0.4, 0.5) is 0 Å². The van der Waals surface area contributed by atoms with Gasteiger partial charge in [0.05, 0.1) is 47.9 Å². The lowest BCUT2D eigenvalue weighted by Crippen LogP contribution is -2.49. The number of aldehydes is 1. The van der Waals surface area contributed by atoms with E-state index in [4.69, 9.17) is 25.3 Å². The van der Waals surface area contributed by atoms with Crippen LogP contribution in [0.2, 0.25) is 0 Å². The van der Waals surface area contributed by atoms with Crippen LogP contribution >= 0.6 is 12.6 Å². The molecule has 3 aromatic rings. The molecule has 2 atom stereocenters. The van der Waals surface area contributed by atoms with Gasteiger partial charge in [0.25, 0.3) is 26.1 Å². The molecule has 0 bridgehead atoms. The Hall–Kier alpha value is -4.88. The van der Waals surface area contributed by atoms with E-state index in [1.165, 1.54) is 25.3 Å². The Morgan fingerprint density at radius 1 is 0.971 bits per heavy atom. The Bertz CT molecular complexity index is 2510. The minimum Gasteiger partial charge on any atom is -0.494 e. The first-order chi connectivity index (χ1) is 32.0. The molecule has 0 aliphatic carbocycles. The molecule has 28 heteroatoms. The van der Waals surface area contributed by atoms with Gasteiger partial charge in [-0.15, -0.1) is 0 Å². The standard InChI is InChI=1S/C30H40N6O8S.C5H9NO2S.C3H9NO3S.C2H6.CH4O3S/c1-18-12-21(44-11-5-6-26(37)33-10-9-32-3)13-19(2)28(18)45(42,43)35-24(30(40)41)16-34-29(39)23-17-36(4)25-14-20(15-31)7-8-22(25)27(23)38;7-2-1-6-3-5(8)4-9;1-3(4)2-8(5,6)7;1-2;1-5(2,3)4/h7-8,12-14,17,24,32,35H,5-6,9-11,15-16,31H2,1-4H3,(H,33,37)(H,34,39)(H,40,41);2,6,9H,1,3-4H2;3H,2,4H2,1H3,(H,5,6,7);1-2H3;1H3,(H,2,3,4). The first-order valence-corrected chi connectivity index (χ1v) is 26.5. The van der Waals surface area contributed by atoms with Gasteiger partial charge in [-0.25, -0.2) is 8.42 Å². The average Bonchev–Trinajstić information content (AvgIpc) is 3.24. The largest absolute Gasteiger partial charge is 0.494 e. The molecule has 0 spiro atoms. The number of hydrogen-bond donors (Lipinski definition) is 11. The van der Waals surface area contributed by atoms with E-state index in [-0.39, 0.29) is 71.7 Å². The SMILES string of the molecule is CC.CC(N)CS(=O)(=O)O.CNCCNC(=O)CCCOc1cc(C)c(S(=O)(=O)NC(CNC(=O)c2cn(C)c3cc(CN)ccc3c2=O)C(=O)O)c(C)c1.CS(=O)(=O)O.O=CCNCC(=O)CS. The van der Waals surface area contributed by atoms with Crippen LogP contribution in [0.25, 0.3) is 10.9 Å². The molecule has 0 saturated heterocycles. The van der Waals surface area contributed by atoms with E-state index < -0.39 is 66.2 Å². The monoisotopic (exact) mass is 1060 g/mol. The van der Waals surface area contributed by atoms with Gasteiger partial charge < -0.3 is 51.9 Å². The number of sulfonamides is 1. The number of ether oxygens (including phenoxy) is 1. The van der Waals surface area contributed by atoms with Gasteiger partial charge in [-0.3, -0.25) is 33.1 Å². The summed E-state index contributed by atoms with van der Waals surface area (Å²) >= 11 is 3.74. The van der Waals surface area contributed by atoms with Crippen molar-refractivity contribution in [1.82, 2.24) is 30.6 Å². The number of aromatic nitrogens is 1. The number of Topliss-reactive ketones (excluding diaryl/α,β-unsaturated/α-hetero) is 1. The van der Waals surface area contributed by atoms with Crippen molar-refractivity contribution >= 4 is 83.6 Å². The highest BCUT2D eigenvalue weighted by Crippen LogP contribution is 2.26. The van der Waals surface area contributed by atoms with Gasteiger partial charge in [0.15, 0.2) is 5.78 Å². The van der Waals surface area contributed by atoms with Crippen LogP contribution in [0.5, 0.6) is 5.75 Å². The molecule has 0 fully saturated rings. The van der Waals surface area contributed by atoms with Crippen molar-refractivity contribution < 1.29 is 68.2 Å². The quantitative estimate of drug-likeness (QED) is 0.0242. The molecule has 1 aromatic heterocycles. The van der Waals surface area contributed by atoms with E-state index in [2.05, 4.69) is 38.6 Å². The van der Waals surface area contributed by atoms with Gasteiger partial charge in [-0.1, -0.05) is 19.9 Å². The summed E-state index contributed by atoms with van der Waals surface area (Å²) in [6.45, 7) is 10.1. The number of fused-ring (bicyclic) bond motifs is 1. The van der Waals surface area contributed by atoms with Crippen molar-refractivity contribution in [3.05, 3.63) is 69.0 Å². The fourth-order valence-electron chi connectivity index (χ4n) is 5.45. The number of likely N-dealkylation sites (N-methyl/N-ethyl adjacent to an activating group) is 1. The normalized spacial score (nSPS) is 11.8. The molecule has 1 heterocycles. The van der Waals surface area contributed by atoms with Crippen molar-refractivity contribution in [1.29, 1.82) is 0 Å². The molecule has 24 nitrogen and oxygen atoms in total. The second-order valence-corrected chi connectivity index (χ2v) is 19.4. The predicted molar refractivity (Wildman–Crippen MR) is 265 cm³/mol. The zero-order valence-corrected chi connectivity index (χ0v) is 43.2. The van der Waals surface area contributed by atoms with Crippen molar-refractivity contribution in [2.45, 2.75) is 71.0 Å². The third kappa shape index (κ3) is 29.0. The maximum absolute atomic E-state index is 13.3. The highest BCUT2D eigenvalue weighted by Gasteiger charge is 2.29. The molecule has 392 valence electrons. The topological polar surface area (TPSA) is 392 Å². The molecular weight excluding hydrogens is 989 g/mol. The van der Waals surface area contributed by atoms with Crippen molar-refractivity contribution in [2.24, 2.45) is 18.5 Å². The summed E-state index contributed by atoms with van der Waals surface area (Å²) in [5.41, 5.74) is 11.9. The molecule has 0 saturated carbocycles. The molecule has 2 aromatic carbocycles. The van der Waals surface area contributed by atoms with E-state index in [1.54, 1.807) is 50.7 Å². The molecule has 69 heavy (non-hydrogen) atoms. The van der Waals surface area contributed by atoms with Crippen molar-refractivity contribution in [3.63, 3.8) is 0 Å². The molecule has 0 radical (unpaired) electrons. The number of hydrogen-bond acceptors (Lipinski definition) is 18. The number of carbonyl (C=O) groups is 5. The number of aliphatic carboxylic acids is 1. The summed E-state index contributed by atoms with van der Waals surface area (Å²) in [6.07, 6.45) is 3.49. The van der Waals surface area contributed by atoms with Crippen molar-refractivity contribution in [3.8, 4) is 5.75 Å². The second kappa shape index (κ2) is 33.6. The van der Waals surface area contributed by atoms with E-state index in [0.717, 1.165) is 5.56 Å². The fourth-order valence-corrected chi connectivity index (χ4v) is 7.87. The van der Waals surface area contributed by atoms with Gasteiger partial charge >= 0.3 is 5.97 Å². The minimum absolute atomic E-state index is 0.000170. The third-order valence-corrected chi connectivity index (χ3v) is 11.3. The predicted octanol–water partition coefficient (Wildman–Crippen LogP) is -0.704. The molecule has 2 amide bonds. The number of rotatable bonds is 23. The van der Waals surface area contributed by atoms with Gasteiger partial charge in [0, 0.05) is 57.3 Å². The van der Waals surface area contributed by atoms with Crippen LogP contribution < -0.4 is 47.6 Å². The van der Waals surface area contributed by atoms with Crippen LogP contribution in [0.15, 0.2) is 46.2 Å².